The SMILES string of the molecule is CCN(C(=O)Cn1ncc2c(c1=O)c1ccccc1n2Cc1cccc(OC)c1)c1ccc2c(c1)OC(F)(F)O2. The van der Waals surface area contributed by atoms with E-state index in [0.29, 0.717) is 23.1 Å². The zero-order valence-corrected chi connectivity index (χ0v) is 21.6. The second-order valence-electron chi connectivity index (χ2n) is 9.26. The van der Waals surface area contributed by atoms with Gasteiger partial charge in [0, 0.05) is 35.7 Å². The lowest BCUT2D eigenvalue weighted by molar-refractivity contribution is -0.286. The number of fused-ring (bicyclic) bond motifs is 4. The smallest absolute Gasteiger partial charge is 0.497 e. The van der Waals surface area contributed by atoms with E-state index in [-0.39, 0.29) is 24.6 Å². The van der Waals surface area contributed by atoms with Gasteiger partial charge >= 0.3 is 6.29 Å². The Morgan fingerprint density at radius 2 is 1.82 bits per heavy atom. The lowest BCUT2D eigenvalue weighted by atomic mass is 10.2. The Bertz CT molecular complexity index is 1830. The Morgan fingerprint density at radius 3 is 2.62 bits per heavy atom. The molecule has 0 saturated heterocycles. The molecule has 204 valence electrons. The fourth-order valence-electron chi connectivity index (χ4n) is 5.05. The van der Waals surface area contributed by atoms with E-state index < -0.39 is 17.8 Å². The summed E-state index contributed by atoms with van der Waals surface area (Å²) in [5.74, 6) is -0.00339. The highest BCUT2D eigenvalue weighted by Gasteiger charge is 2.43. The molecule has 0 atom stereocenters. The number of benzene rings is 3. The molecule has 9 nitrogen and oxygen atoms in total. The number of para-hydroxylation sites is 1. The van der Waals surface area contributed by atoms with E-state index >= 15 is 0 Å². The fourth-order valence-corrected chi connectivity index (χ4v) is 5.05. The standard InChI is InChI=1S/C29H24F2N4O5/c1-3-33(19-11-12-24-25(14-19)40-29(30,31)39-24)26(36)17-35-28(37)27-21-9-4-5-10-22(21)34(23(27)15-32-35)16-18-7-6-8-20(13-18)38-2/h4-15H,3,16-17H2,1-2H3. The highest BCUT2D eigenvalue weighted by atomic mass is 19.3. The molecule has 5 aromatic rings. The van der Waals surface area contributed by atoms with Crippen LogP contribution in [0.15, 0.2) is 77.7 Å². The van der Waals surface area contributed by atoms with Crippen LogP contribution in [0.3, 0.4) is 0 Å². The molecular formula is C29H24F2N4O5. The minimum absolute atomic E-state index is 0.120. The third kappa shape index (κ3) is 4.39. The van der Waals surface area contributed by atoms with Crippen LogP contribution in [0, 0.1) is 0 Å². The van der Waals surface area contributed by atoms with Crippen molar-refractivity contribution in [2.75, 3.05) is 18.6 Å². The van der Waals surface area contributed by atoms with Crippen LogP contribution in [0.25, 0.3) is 21.8 Å². The first-order valence-corrected chi connectivity index (χ1v) is 12.6. The summed E-state index contributed by atoms with van der Waals surface area (Å²) in [6, 6.07) is 19.4. The summed E-state index contributed by atoms with van der Waals surface area (Å²) in [7, 11) is 1.61. The average molecular weight is 547 g/mol. The molecule has 0 fully saturated rings. The van der Waals surface area contributed by atoms with Gasteiger partial charge < -0.3 is 23.7 Å². The molecule has 40 heavy (non-hydrogen) atoms. The van der Waals surface area contributed by atoms with Crippen molar-refractivity contribution in [1.82, 2.24) is 14.3 Å². The first-order valence-electron chi connectivity index (χ1n) is 12.6. The Morgan fingerprint density at radius 1 is 1.02 bits per heavy atom. The molecule has 0 bridgehead atoms. The molecule has 0 N–H and O–H groups in total. The first-order chi connectivity index (χ1) is 19.3. The summed E-state index contributed by atoms with van der Waals surface area (Å²) in [6.07, 6.45) is -2.18. The van der Waals surface area contributed by atoms with E-state index in [4.69, 9.17) is 4.74 Å². The average Bonchev–Trinajstić information content (AvgIpc) is 3.43. The topological polar surface area (TPSA) is 87.8 Å². The minimum Gasteiger partial charge on any atom is -0.497 e. The van der Waals surface area contributed by atoms with Crippen LogP contribution in [-0.2, 0) is 17.9 Å². The number of nitrogens with zero attached hydrogens (tertiary/aromatic N) is 4. The predicted octanol–water partition coefficient (Wildman–Crippen LogP) is 4.78. The van der Waals surface area contributed by atoms with Gasteiger partial charge in [-0.25, -0.2) is 4.68 Å². The van der Waals surface area contributed by atoms with Gasteiger partial charge in [0.15, 0.2) is 11.5 Å². The molecule has 0 aliphatic carbocycles. The van der Waals surface area contributed by atoms with Crippen LogP contribution in [0.4, 0.5) is 14.5 Å². The van der Waals surface area contributed by atoms with Gasteiger partial charge in [-0.05, 0) is 42.8 Å². The number of halogens is 2. The molecular weight excluding hydrogens is 522 g/mol. The molecule has 0 unspecified atom stereocenters. The summed E-state index contributed by atoms with van der Waals surface area (Å²) in [5, 5.41) is 5.53. The van der Waals surface area contributed by atoms with Crippen molar-refractivity contribution in [3.8, 4) is 17.2 Å². The van der Waals surface area contributed by atoms with Gasteiger partial charge in [0.05, 0.1) is 24.2 Å². The van der Waals surface area contributed by atoms with Crippen LogP contribution in [-0.4, -0.2) is 40.2 Å². The largest absolute Gasteiger partial charge is 0.586 e. The molecule has 11 heteroatoms. The molecule has 3 aromatic carbocycles. The van der Waals surface area contributed by atoms with Gasteiger partial charge in [0.1, 0.15) is 12.3 Å². The minimum atomic E-state index is -3.76. The van der Waals surface area contributed by atoms with Gasteiger partial charge in [0.2, 0.25) is 5.91 Å². The van der Waals surface area contributed by atoms with Gasteiger partial charge in [-0.2, -0.15) is 5.10 Å². The zero-order valence-electron chi connectivity index (χ0n) is 21.6. The Kier molecular flexibility index (Phi) is 6.13. The number of hydrogen-bond acceptors (Lipinski definition) is 6. The number of anilines is 1. The lowest BCUT2D eigenvalue weighted by Crippen LogP contribution is -2.37. The highest BCUT2D eigenvalue weighted by Crippen LogP contribution is 2.42. The third-order valence-corrected chi connectivity index (χ3v) is 6.85. The van der Waals surface area contributed by atoms with Gasteiger partial charge in [0.25, 0.3) is 5.56 Å². The number of methoxy groups -OCH3 is 1. The molecule has 0 radical (unpaired) electrons. The van der Waals surface area contributed by atoms with Crippen LogP contribution in [0.5, 0.6) is 17.2 Å². The molecule has 1 aliphatic heterocycles. The summed E-state index contributed by atoms with van der Waals surface area (Å²) in [6.45, 7) is 2.11. The molecule has 0 spiro atoms. The van der Waals surface area contributed by atoms with Gasteiger partial charge in [-0.15, -0.1) is 8.78 Å². The Labute approximate surface area is 226 Å². The summed E-state index contributed by atoms with van der Waals surface area (Å²) in [4.78, 5) is 28.4. The van der Waals surface area contributed by atoms with E-state index in [0.717, 1.165) is 26.9 Å². The molecule has 1 amide bonds. The van der Waals surface area contributed by atoms with E-state index in [1.807, 2.05) is 53.1 Å². The number of amides is 1. The number of hydrogen-bond donors (Lipinski definition) is 0. The quantitative estimate of drug-likeness (QED) is 0.292. The number of rotatable bonds is 7. The Balaban J connectivity index is 1.35. The zero-order chi connectivity index (χ0) is 28.0. The van der Waals surface area contributed by atoms with Crippen LogP contribution in [0.1, 0.15) is 12.5 Å². The number of carbonyl (C=O) groups is 1. The molecule has 6 rings (SSSR count). The van der Waals surface area contributed by atoms with Crippen molar-refractivity contribution in [2.24, 2.45) is 0 Å². The second-order valence-corrected chi connectivity index (χ2v) is 9.26. The van der Waals surface area contributed by atoms with Crippen LogP contribution < -0.4 is 24.7 Å². The monoisotopic (exact) mass is 546 g/mol. The number of ether oxygens (including phenoxy) is 3. The fraction of sp³-hybridized carbons (Fsp3) is 0.207. The summed E-state index contributed by atoms with van der Waals surface area (Å²) >= 11 is 0. The normalized spacial score (nSPS) is 13.6. The summed E-state index contributed by atoms with van der Waals surface area (Å²) in [5.41, 5.74) is 2.41. The Hall–Kier alpha value is -4.93. The maximum absolute atomic E-state index is 13.7. The first kappa shape index (κ1) is 25.4. The molecule has 1 aliphatic rings. The third-order valence-electron chi connectivity index (χ3n) is 6.85. The van der Waals surface area contributed by atoms with Crippen molar-refractivity contribution >= 4 is 33.4 Å². The van der Waals surface area contributed by atoms with Gasteiger partial charge in [-0.1, -0.05) is 30.3 Å². The van der Waals surface area contributed by atoms with E-state index in [2.05, 4.69) is 14.6 Å². The van der Waals surface area contributed by atoms with Crippen molar-refractivity contribution in [3.63, 3.8) is 0 Å². The van der Waals surface area contributed by atoms with Crippen molar-refractivity contribution in [3.05, 3.63) is 88.8 Å². The van der Waals surface area contributed by atoms with E-state index in [1.165, 1.54) is 23.1 Å². The molecule has 3 heterocycles. The lowest BCUT2D eigenvalue weighted by Gasteiger charge is -2.21. The van der Waals surface area contributed by atoms with Crippen molar-refractivity contribution in [2.45, 2.75) is 26.3 Å². The predicted molar refractivity (Wildman–Crippen MR) is 144 cm³/mol. The van der Waals surface area contributed by atoms with Crippen molar-refractivity contribution in [1.29, 1.82) is 0 Å². The van der Waals surface area contributed by atoms with E-state index in [1.54, 1.807) is 20.2 Å². The molecule has 0 saturated carbocycles. The number of aromatic nitrogens is 3. The second kappa shape index (κ2) is 9.67. The van der Waals surface area contributed by atoms with Crippen LogP contribution in [0.2, 0.25) is 0 Å². The van der Waals surface area contributed by atoms with Crippen LogP contribution >= 0.6 is 0 Å². The number of carbonyl (C=O) groups excluding carboxylic acids is 1. The maximum atomic E-state index is 13.7. The van der Waals surface area contributed by atoms with E-state index in [9.17, 15) is 18.4 Å². The highest BCUT2D eigenvalue weighted by molar-refractivity contribution is 6.07. The number of alkyl halides is 2. The van der Waals surface area contributed by atoms with Gasteiger partial charge in [-0.3, -0.25) is 9.59 Å². The van der Waals surface area contributed by atoms with Crippen molar-refractivity contribution < 1.29 is 27.8 Å². The summed E-state index contributed by atoms with van der Waals surface area (Å²) < 4.78 is 44.4. The molecule has 2 aromatic heterocycles. The maximum Gasteiger partial charge on any atom is 0.586 e. The number of likely N-dealkylation sites (N-methyl/N-ethyl adjacent to an activating group) is 1.